The molecule has 106 valence electrons. The van der Waals surface area contributed by atoms with Crippen molar-refractivity contribution in [2.24, 2.45) is 0 Å². The van der Waals surface area contributed by atoms with Crippen LogP contribution in [0.3, 0.4) is 0 Å². The lowest BCUT2D eigenvalue weighted by molar-refractivity contribution is -0.136. The van der Waals surface area contributed by atoms with Crippen molar-refractivity contribution in [2.45, 2.75) is 12.7 Å². The Hall–Kier alpha value is -1.56. The third kappa shape index (κ3) is 3.50. The lowest BCUT2D eigenvalue weighted by Crippen LogP contribution is -2.10. The normalized spacial score (nSPS) is 11.4. The minimum absolute atomic E-state index is 0.0313. The highest BCUT2D eigenvalue weighted by Gasteiger charge is 2.33. The first-order valence-electron chi connectivity index (χ1n) is 5.72. The molecule has 20 heavy (non-hydrogen) atoms. The second-order valence-electron chi connectivity index (χ2n) is 4.13. The second kappa shape index (κ2) is 5.83. The molecule has 0 fully saturated rings. The van der Waals surface area contributed by atoms with Gasteiger partial charge in [0, 0.05) is 16.7 Å². The van der Waals surface area contributed by atoms with Crippen molar-refractivity contribution < 1.29 is 17.6 Å². The van der Waals surface area contributed by atoms with Crippen LogP contribution in [0.15, 0.2) is 46.9 Å². The Labute approximate surface area is 121 Å². The summed E-state index contributed by atoms with van der Waals surface area (Å²) >= 11 is 3.23. The minimum atomic E-state index is -4.43. The fourth-order valence-corrected chi connectivity index (χ4v) is 2.14. The number of hydrogen-bond acceptors (Lipinski definition) is 1. The van der Waals surface area contributed by atoms with Crippen LogP contribution in [0.5, 0.6) is 0 Å². The van der Waals surface area contributed by atoms with Crippen LogP contribution in [0, 0.1) is 5.82 Å². The van der Waals surface area contributed by atoms with Gasteiger partial charge < -0.3 is 5.32 Å². The molecule has 0 radical (unpaired) electrons. The number of halogens is 5. The standard InChI is InChI=1S/C14H10BrF4N/c15-12-6-5-10(16)7-9(12)8-20-13-4-2-1-3-11(13)14(17,18)19/h1-7,20H,8H2. The SMILES string of the molecule is Fc1ccc(Br)c(CNc2ccccc2C(F)(F)F)c1. The van der Waals surface area contributed by atoms with Gasteiger partial charge >= 0.3 is 6.18 Å². The molecule has 6 heteroatoms. The van der Waals surface area contributed by atoms with Crippen LogP contribution in [0.1, 0.15) is 11.1 Å². The Kier molecular flexibility index (Phi) is 4.32. The second-order valence-corrected chi connectivity index (χ2v) is 4.99. The van der Waals surface area contributed by atoms with E-state index in [1.807, 2.05) is 0 Å². The van der Waals surface area contributed by atoms with E-state index in [1.165, 1.54) is 36.4 Å². The van der Waals surface area contributed by atoms with E-state index in [4.69, 9.17) is 0 Å². The van der Waals surface area contributed by atoms with Gasteiger partial charge in [0.05, 0.1) is 5.56 Å². The largest absolute Gasteiger partial charge is 0.418 e. The number of hydrogen-bond donors (Lipinski definition) is 1. The Bertz CT molecular complexity index is 610. The molecule has 0 saturated carbocycles. The molecule has 0 amide bonds. The Morgan fingerprint density at radius 3 is 2.45 bits per heavy atom. The van der Waals surface area contributed by atoms with Gasteiger partial charge in [-0.15, -0.1) is 0 Å². The van der Waals surface area contributed by atoms with Crippen LogP contribution in [0.2, 0.25) is 0 Å². The lowest BCUT2D eigenvalue weighted by Gasteiger charge is -2.15. The number of alkyl halides is 3. The lowest BCUT2D eigenvalue weighted by atomic mass is 10.1. The van der Waals surface area contributed by atoms with E-state index in [9.17, 15) is 17.6 Å². The van der Waals surface area contributed by atoms with E-state index < -0.39 is 17.6 Å². The average molecular weight is 348 g/mol. The highest BCUT2D eigenvalue weighted by atomic mass is 79.9. The quantitative estimate of drug-likeness (QED) is 0.750. The zero-order chi connectivity index (χ0) is 14.8. The summed E-state index contributed by atoms with van der Waals surface area (Å²) in [6, 6.07) is 9.25. The van der Waals surface area contributed by atoms with E-state index in [0.717, 1.165) is 6.07 Å². The Morgan fingerprint density at radius 2 is 1.75 bits per heavy atom. The van der Waals surface area contributed by atoms with Crippen LogP contribution in [0.25, 0.3) is 0 Å². The number of para-hydroxylation sites is 1. The predicted molar refractivity (Wildman–Crippen MR) is 72.9 cm³/mol. The summed E-state index contributed by atoms with van der Waals surface area (Å²) in [6.07, 6.45) is -4.43. The molecular weight excluding hydrogens is 338 g/mol. The van der Waals surface area contributed by atoms with Crippen molar-refractivity contribution in [1.82, 2.24) is 0 Å². The van der Waals surface area contributed by atoms with Gasteiger partial charge in [0.1, 0.15) is 5.82 Å². The summed E-state index contributed by atoms with van der Waals surface area (Å²) in [5, 5.41) is 2.69. The van der Waals surface area contributed by atoms with Crippen LogP contribution in [-0.4, -0.2) is 0 Å². The van der Waals surface area contributed by atoms with Gasteiger partial charge in [0.25, 0.3) is 0 Å². The first-order chi connectivity index (χ1) is 9.38. The van der Waals surface area contributed by atoms with Crippen molar-refractivity contribution in [3.63, 3.8) is 0 Å². The molecule has 1 nitrogen and oxygen atoms in total. The topological polar surface area (TPSA) is 12.0 Å². The summed E-state index contributed by atoms with van der Waals surface area (Å²) in [6.45, 7) is 0.0887. The van der Waals surface area contributed by atoms with Crippen LogP contribution >= 0.6 is 15.9 Å². The zero-order valence-electron chi connectivity index (χ0n) is 10.1. The van der Waals surface area contributed by atoms with Gasteiger partial charge in [-0.2, -0.15) is 13.2 Å². The molecule has 1 N–H and O–H groups in total. The van der Waals surface area contributed by atoms with E-state index in [-0.39, 0.29) is 12.2 Å². The summed E-state index contributed by atoms with van der Waals surface area (Å²) in [4.78, 5) is 0. The van der Waals surface area contributed by atoms with Gasteiger partial charge in [-0.3, -0.25) is 0 Å². The molecule has 2 aromatic carbocycles. The molecule has 0 aliphatic rings. The van der Waals surface area contributed by atoms with Crippen LogP contribution in [0.4, 0.5) is 23.2 Å². The summed E-state index contributed by atoms with van der Waals surface area (Å²) in [5.74, 6) is -0.436. The molecule has 2 rings (SSSR count). The third-order valence-electron chi connectivity index (χ3n) is 2.71. The first kappa shape index (κ1) is 14.8. The maximum absolute atomic E-state index is 13.1. The predicted octanol–water partition coefficient (Wildman–Crippen LogP) is 5.22. The smallest absolute Gasteiger partial charge is 0.380 e. The van der Waals surface area contributed by atoms with Gasteiger partial charge in [0.15, 0.2) is 0 Å². The maximum atomic E-state index is 13.1. The molecule has 0 spiro atoms. The van der Waals surface area contributed by atoms with E-state index >= 15 is 0 Å². The van der Waals surface area contributed by atoms with Crippen LogP contribution < -0.4 is 5.32 Å². The van der Waals surface area contributed by atoms with Gasteiger partial charge in [0.2, 0.25) is 0 Å². The van der Waals surface area contributed by atoms with E-state index in [2.05, 4.69) is 21.2 Å². The molecule has 0 aromatic heterocycles. The fourth-order valence-electron chi connectivity index (χ4n) is 1.75. The summed E-state index contributed by atoms with van der Waals surface area (Å²) in [7, 11) is 0. The van der Waals surface area contributed by atoms with Gasteiger partial charge in [-0.25, -0.2) is 4.39 Å². The minimum Gasteiger partial charge on any atom is -0.380 e. The summed E-state index contributed by atoms with van der Waals surface area (Å²) in [5.41, 5.74) is -0.231. The average Bonchev–Trinajstić information content (AvgIpc) is 2.39. The number of benzene rings is 2. The van der Waals surface area contributed by atoms with E-state index in [1.54, 1.807) is 0 Å². The monoisotopic (exact) mass is 347 g/mol. The fraction of sp³-hybridized carbons (Fsp3) is 0.143. The first-order valence-corrected chi connectivity index (χ1v) is 6.51. The van der Waals surface area contributed by atoms with Gasteiger partial charge in [-0.05, 0) is 35.9 Å². The maximum Gasteiger partial charge on any atom is 0.418 e. The number of nitrogens with one attached hydrogen (secondary N) is 1. The van der Waals surface area contributed by atoms with Gasteiger partial charge in [-0.1, -0.05) is 28.1 Å². The molecule has 0 unspecified atom stereocenters. The molecule has 0 atom stereocenters. The Balaban J connectivity index is 2.21. The van der Waals surface area contributed by atoms with Crippen molar-refractivity contribution >= 4 is 21.6 Å². The highest BCUT2D eigenvalue weighted by molar-refractivity contribution is 9.10. The number of anilines is 1. The van der Waals surface area contributed by atoms with Crippen molar-refractivity contribution in [3.05, 3.63) is 63.9 Å². The molecular formula is C14H10BrF4N. The third-order valence-corrected chi connectivity index (χ3v) is 3.48. The molecule has 0 saturated heterocycles. The molecule has 0 heterocycles. The highest BCUT2D eigenvalue weighted by Crippen LogP contribution is 2.34. The van der Waals surface area contributed by atoms with E-state index in [0.29, 0.717) is 10.0 Å². The van der Waals surface area contributed by atoms with Crippen molar-refractivity contribution in [1.29, 1.82) is 0 Å². The molecule has 0 aliphatic heterocycles. The van der Waals surface area contributed by atoms with Crippen LogP contribution in [-0.2, 0) is 12.7 Å². The molecule has 2 aromatic rings. The molecule has 0 bridgehead atoms. The summed E-state index contributed by atoms with van der Waals surface area (Å²) < 4.78 is 52.2. The van der Waals surface area contributed by atoms with Crippen molar-refractivity contribution in [3.8, 4) is 0 Å². The zero-order valence-corrected chi connectivity index (χ0v) is 11.7. The van der Waals surface area contributed by atoms with Crippen molar-refractivity contribution in [2.75, 3.05) is 5.32 Å². The Morgan fingerprint density at radius 1 is 1.05 bits per heavy atom. The number of rotatable bonds is 3. The molecule has 0 aliphatic carbocycles.